The van der Waals surface area contributed by atoms with Crippen LogP contribution in [0, 0.1) is 0 Å². The Bertz CT molecular complexity index is 2930. The van der Waals surface area contributed by atoms with Crippen molar-refractivity contribution < 1.29 is 4.42 Å². The van der Waals surface area contributed by atoms with Crippen LogP contribution in [0.5, 0.6) is 0 Å². The molecule has 0 N–H and O–H groups in total. The molecule has 0 unspecified atom stereocenters. The first-order valence-electron chi connectivity index (χ1n) is 16.8. The summed E-state index contributed by atoms with van der Waals surface area (Å²) < 4.78 is 8.61. The predicted molar refractivity (Wildman–Crippen MR) is 205 cm³/mol. The molecular weight excluding hydrogens is 597 g/mol. The van der Waals surface area contributed by atoms with Gasteiger partial charge in [-0.2, -0.15) is 0 Å². The molecule has 49 heavy (non-hydrogen) atoms. The summed E-state index contributed by atoms with van der Waals surface area (Å²) in [6.45, 7) is 0. The second-order valence-electron chi connectivity index (χ2n) is 12.9. The van der Waals surface area contributed by atoms with Crippen LogP contribution in [0.1, 0.15) is 0 Å². The molecule has 0 aliphatic heterocycles. The molecule has 3 nitrogen and oxygen atoms in total. The largest absolute Gasteiger partial charge is 0.456 e. The number of rotatable bonds is 4. The fourth-order valence-electron chi connectivity index (χ4n) is 8.23. The molecule has 10 aromatic rings. The van der Waals surface area contributed by atoms with Crippen molar-refractivity contribution in [3.05, 3.63) is 170 Å². The Morgan fingerprint density at radius 2 is 1.02 bits per heavy atom. The second kappa shape index (κ2) is 9.96. The summed E-state index contributed by atoms with van der Waals surface area (Å²) in [7, 11) is 0. The molecule has 0 saturated heterocycles. The number of fused-ring (bicyclic) bond motifs is 6. The SMILES string of the molecule is c1ccc(N(c2ccc(-n3c4cccc5c4c4c6c(cccc6ccc43)-c3ccccc3-5)cc2)c2ccc3oc4ccccc4c3c2)cc1. The van der Waals surface area contributed by atoms with Crippen LogP contribution in [0.2, 0.25) is 0 Å². The van der Waals surface area contributed by atoms with Gasteiger partial charge < -0.3 is 13.9 Å². The van der Waals surface area contributed by atoms with Crippen LogP contribution in [0.15, 0.2) is 174 Å². The number of nitrogens with zero attached hydrogens (tertiary/aromatic N) is 2. The van der Waals surface area contributed by atoms with Gasteiger partial charge in [-0.05, 0) is 106 Å². The summed E-state index contributed by atoms with van der Waals surface area (Å²) in [5.41, 5.74) is 13.8. The third kappa shape index (κ3) is 3.73. The number of hydrogen-bond donors (Lipinski definition) is 0. The first-order chi connectivity index (χ1) is 24.3. The van der Waals surface area contributed by atoms with Crippen molar-refractivity contribution in [3.8, 4) is 27.9 Å². The maximum absolute atomic E-state index is 6.17. The van der Waals surface area contributed by atoms with Gasteiger partial charge in [-0.15, -0.1) is 0 Å². The molecule has 0 radical (unpaired) electrons. The Labute approximate surface area is 282 Å². The van der Waals surface area contributed by atoms with Crippen molar-refractivity contribution in [1.82, 2.24) is 4.57 Å². The van der Waals surface area contributed by atoms with Crippen molar-refractivity contribution >= 4 is 71.6 Å². The van der Waals surface area contributed by atoms with Crippen molar-refractivity contribution in [1.29, 1.82) is 0 Å². The molecule has 0 bridgehead atoms. The second-order valence-corrected chi connectivity index (χ2v) is 12.9. The van der Waals surface area contributed by atoms with E-state index in [2.05, 4.69) is 167 Å². The lowest BCUT2D eigenvalue weighted by Crippen LogP contribution is -2.09. The average Bonchev–Trinajstić information content (AvgIpc) is 3.67. The molecule has 11 rings (SSSR count). The number of aromatic nitrogens is 1. The van der Waals surface area contributed by atoms with E-state index >= 15 is 0 Å². The van der Waals surface area contributed by atoms with E-state index in [1.807, 2.05) is 12.1 Å². The molecule has 0 amide bonds. The first kappa shape index (κ1) is 26.5. The lowest BCUT2D eigenvalue weighted by atomic mass is 9.93. The van der Waals surface area contributed by atoms with Gasteiger partial charge in [0.1, 0.15) is 11.2 Å². The average molecular weight is 625 g/mol. The summed E-state index contributed by atoms with van der Waals surface area (Å²) >= 11 is 0. The minimum absolute atomic E-state index is 0.894. The zero-order valence-corrected chi connectivity index (χ0v) is 26.5. The highest BCUT2D eigenvalue weighted by molar-refractivity contribution is 6.30. The number of hydrogen-bond acceptors (Lipinski definition) is 2. The Morgan fingerprint density at radius 1 is 0.388 bits per heavy atom. The van der Waals surface area contributed by atoms with E-state index < -0.39 is 0 Å². The van der Waals surface area contributed by atoms with Crippen LogP contribution < -0.4 is 4.90 Å². The van der Waals surface area contributed by atoms with Gasteiger partial charge in [-0.25, -0.2) is 0 Å². The van der Waals surface area contributed by atoms with Gasteiger partial charge in [0.2, 0.25) is 0 Å². The minimum atomic E-state index is 0.894. The summed E-state index contributed by atoms with van der Waals surface area (Å²) in [6, 6.07) is 61.3. The van der Waals surface area contributed by atoms with Crippen LogP contribution in [0.25, 0.3) is 82.5 Å². The molecule has 1 aliphatic rings. The van der Waals surface area contributed by atoms with Crippen LogP contribution >= 0.6 is 0 Å². The maximum Gasteiger partial charge on any atom is 0.135 e. The highest BCUT2D eigenvalue weighted by Gasteiger charge is 2.24. The molecule has 0 fully saturated rings. The van der Waals surface area contributed by atoms with E-state index in [1.165, 1.54) is 54.8 Å². The van der Waals surface area contributed by atoms with Crippen molar-refractivity contribution in [2.75, 3.05) is 4.90 Å². The third-order valence-corrected chi connectivity index (χ3v) is 10.3. The molecule has 0 saturated carbocycles. The Balaban J connectivity index is 1.12. The zero-order chi connectivity index (χ0) is 32.1. The molecular formula is C46H28N2O. The highest BCUT2D eigenvalue weighted by Crippen LogP contribution is 2.49. The normalized spacial score (nSPS) is 12.1. The van der Waals surface area contributed by atoms with E-state index in [1.54, 1.807) is 0 Å². The number of anilines is 3. The highest BCUT2D eigenvalue weighted by atomic mass is 16.3. The molecule has 0 spiro atoms. The minimum Gasteiger partial charge on any atom is -0.456 e. The quantitative estimate of drug-likeness (QED) is 0.194. The monoisotopic (exact) mass is 624 g/mol. The van der Waals surface area contributed by atoms with Gasteiger partial charge in [0.25, 0.3) is 0 Å². The zero-order valence-electron chi connectivity index (χ0n) is 26.5. The molecule has 2 aromatic heterocycles. The lowest BCUT2D eigenvalue weighted by Gasteiger charge is -2.26. The smallest absolute Gasteiger partial charge is 0.135 e. The first-order valence-corrected chi connectivity index (χ1v) is 16.8. The van der Waals surface area contributed by atoms with E-state index in [9.17, 15) is 0 Å². The summed E-state index contributed by atoms with van der Waals surface area (Å²) in [5, 5.41) is 7.48. The van der Waals surface area contributed by atoms with Crippen molar-refractivity contribution in [2.45, 2.75) is 0 Å². The molecule has 1 aliphatic carbocycles. The Morgan fingerprint density at radius 3 is 1.86 bits per heavy atom. The molecule has 2 heterocycles. The van der Waals surface area contributed by atoms with Gasteiger partial charge in [-0.1, -0.05) is 97.1 Å². The van der Waals surface area contributed by atoms with E-state index in [0.29, 0.717) is 0 Å². The van der Waals surface area contributed by atoms with Gasteiger partial charge in [0.05, 0.1) is 11.0 Å². The van der Waals surface area contributed by atoms with Gasteiger partial charge in [0.15, 0.2) is 0 Å². The third-order valence-electron chi connectivity index (χ3n) is 10.3. The molecule has 0 atom stereocenters. The predicted octanol–water partition coefficient (Wildman–Crippen LogP) is 13.0. The summed E-state index contributed by atoms with van der Waals surface area (Å²) in [4.78, 5) is 2.32. The van der Waals surface area contributed by atoms with Crippen molar-refractivity contribution in [3.63, 3.8) is 0 Å². The maximum atomic E-state index is 6.17. The van der Waals surface area contributed by atoms with E-state index in [4.69, 9.17) is 4.42 Å². The topological polar surface area (TPSA) is 21.3 Å². The van der Waals surface area contributed by atoms with Crippen LogP contribution in [0.3, 0.4) is 0 Å². The van der Waals surface area contributed by atoms with Gasteiger partial charge in [-0.3, -0.25) is 0 Å². The van der Waals surface area contributed by atoms with Crippen LogP contribution in [0.4, 0.5) is 17.1 Å². The summed E-state index contributed by atoms with van der Waals surface area (Å²) in [6.07, 6.45) is 0. The Kier molecular flexibility index (Phi) is 5.38. The molecule has 8 aromatic carbocycles. The standard InChI is InChI=1S/C46H28N2O/c1-2-11-30(12-3-1)47(33-25-27-43-39(28-33)36-15-6-7-19-42(36)49-43)31-21-23-32(24-22-31)48-40-18-9-17-38-35-14-5-4-13-34(35)37-16-8-10-29-20-26-41(48)46(44(29)37)45(38)40/h1-28H. The fourth-order valence-corrected chi connectivity index (χ4v) is 8.23. The lowest BCUT2D eigenvalue weighted by molar-refractivity contribution is 0.669. The molecule has 3 heteroatoms. The Hall–Kier alpha value is -6.58. The number of benzene rings is 8. The number of furan rings is 1. The van der Waals surface area contributed by atoms with E-state index in [0.717, 1.165) is 44.7 Å². The van der Waals surface area contributed by atoms with Crippen molar-refractivity contribution in [2.24, 2.45) is 0 Å². The summed E-state index contributed by atoms with van der Waals surface area (Å²) in [5.74, 6) is 0. The fraction of sp³-hybridized carbons (Fsp3) is 0. The van der Waals surface area contributed by atoms with Crippen LogP contribution in [-0.4, -0.2) is 4.57 Å². The van der Waals surface area contributed by atoms with E-state index in [-0.39, 0.29) is 0 Å². The number of para-hydroxylation sites is 2. The van der Waals surface area contributed by atoms with Gasteiger partial charge in [0, 0.05) is 44.3 Å². The molecule has 228 valence electrons. The van der Waals surface area contributed by atoms with Gasteiger partial charge >= 0.3 is 0 Å². The van der Waals surface area contributed by atoms with Crippen LogP contribution in [-0.2, 0) is 0 Å².